The van der Waals surface area contributed by atoms with Crippen molar-refractivity contribution in [3.05, 3.63) is 76.7 Å². The first-order valence-electron chi connectivity index (χ1n) is 7.41. The Hall–Kier alpha value is -2.84. The number of nitrogens with zero attached hydrogens (tertiary/aromatic N) is 1. The number of nitriles is 1. The number of sulfone groups is 1. The number of hydrogen-bond acceptors (Lipinski definition) is 4. The predicted octanol–water partition coefficient (Wildman–Crippen LogP) is 3.73. The fourth-order valence-electron chi connectivity index (χ4n) is 2.47. The van der Waals surface area contributed by atoms with Crippen molar-refractivity contribution in [2.75, 3.05) is 0 Å². The molecule has 120 valence electrons. The third-order valence-corrected chi connectivity index (χ3v) is 5.45. The second-order valence-electron chi connectivity index (χ2n) is 5.38. The predicted molar refractivity (Wildman–Crippen MR) is 91.8 cm³/mol. The molecular weight excluding hydrogens is 322 g/mol. The van der Waals surface area contributed by atoms with Gasteiger partial charge in [0, 0.05) is 5.56 Å². The molecule has 0 spiro atoms. The van der Waals surface area contributed by atoms with Crippen molar-refractivity contribution in [2.45, 2.75) is 17.9 Å². The van der Waals surface area contributed by atoms with E-state index in [2.05, 4.69) is 0 Å². The van der Waals surface area contributed by atoms with E-state index in [1.807, 2.05) is 43.3 Å². The second kappa shape index (κ2) is 6.34. The van der Waals surface area contributed by atoms with E-state index in [4.69, 9.17) is 4.74 Å². The lowest BCUT2D eigenvalue weighted by Gasteiger charge is -2.23. The number of allylic oxidation sites excluding steroid dienone is 1. The summed E-state index contributed by atoms with van der Waals surface area (Å²) < 4.78 is 31.1. The van der Waals surface area contributed by atoms with Gasteiger partial charge in [-0.05, 0) is 42.8 Å². The molecule has 3 rings (SSSR count). The highest BCUT2D eigenvalue weighted by atomic mass is 32.2. The molecular formula is C19H15NO3S. The van der Waals surface area contributed by atoms with E-state index >= 15 is 0 Å². The normalized spacial score (nSPS) is 17.2. The average Bonchev–Trinajstić information content (AvgIpc) is 2.60. The van der Waals surface area contributed by atoms with E-state index in [0.29, 0.717) is 5.57 Å². The van der Waals surface area contributed by atoms with Crippen LogP contribution in [0.2, 0.25) is 0 Å². The fourth-order valence-corrected chi connectivity index (χ4v) is 3.65. The smallest absolute Gasteiger partial charge is 0.216 e. The number of para-hydroxylation sites is 1. The third-order valence-electron chi connectivity index (χ3n) is 3.77. The monoisotopic (exact) mass is 337 g/mol. The minimum Gasteiger partial charge on any atom is -0.485 e. The van der Waals surface area contributed by atoms with Crippen LogP contribution in [-0.4, -0.2) is 14.5 Å². The van der Waals surface area contributed by atoms with E-state index in [1.54, 1.807) is 18.2 Å². The fraction of sp³-hybridized carbons (Fsp3) is 0.105. The van der Waals surface area contributed by atoms with Gasteiger partial charge in [-0.1, -0.05) is 36.4 Å². The molecule has 0 fully saturated rings. The molecule has 0 saturated carbocycles. The van der Waals surface area contributed by atoms with Crippen molar-refractivity contribution in [1.82, 2.24) is 0 Å². The molecule has 1 heterocycles. The maximum absolute atomic E-state index is 12.6. The van der Waals surface area contributed by atoms with Crippen LogP contribution in [0.25, 0.3) is 6.08 Å². The molecule has 2 aromatic carbocycles. The zero-order chi connectivity index (χ0) is 17.2. The molecule has 0 saturated heterocycles. The van der Waals surface area contributed by atoms with Crippen LogP contribution in [-0.2, 0) is 9.84 Å². The lowest BCUT2D eigenvalue weighted by molar-refractivity contribution is 0.257. The lowest BCUT2D eigenvalue weighted by atomic mass is 10.0. The van der Waals surface area contributed by atoms with Crippen LogP contribution < -0.4 is 4.74 Å². The molecule has 1 aliphatic heterocycles. The number of benzene rings is 2. The zero-order valence-electron chi connectivity index (χ0n) is 13.0. The highest BCUT2D eigenvalue weighted by Crippen LogP contribution is 2.31. The van der Waals surface area contributed by atoms with Gasteiger partial charge in [0.2, 0.25) is 9.84 Å². The molecule has 4 nitrogen and oxygen atoms in total. The van der Waals surface area contributed by atoms with Gasteiger partial charge in [0.25, 0.3) is 0 Å². The minimum absolute atomic E-state index is 0.100. The average molecular weight is 337 g/mol. The van der Waals surface area contributed by atoms with Crippen molar-refractivity contribution in [2.24, 2.45) is 0 Å². The van der Waals surface area contributed by atoms with Gasteiger partial charge in [0.05, 0.1) is 4.90 Å². The van der Waals surface area contributed by atoms with Crippen molar-refractivity contribution < 1.29 is 13.2 Å². The number of hydrogen-bond donors (Lipinski definition) is 0. The Morgan fingerprint density at radius 1 is 1.12 bits per heavy atom. The van der Waals surface area contributed by atoms with Crippen molar-refractivity contribution in [1.29, 1.82) is 5.26 Å². The minimum atomic E-state index is -3.85. The molecule has 0 bridgehead atoms. The Morgan fingerprint density at radius 2 is 1.79 bits per heavy atom. The second-order valence-corrected chi connectivity index (χ2v) is 7.30. The summed E-state index contributed by atoms with van der Waals surface area (Å²) in [4.78, 5) is -0.196. The summed E-state index contributed by atoms with van der Waals surface area (Å²) in [6.07, 6.45) is 2.90. The summed E-state index contributed by atoms with van der Waals surface area (Å²) in [6, 6.07) is 17.2. The maximum Gasteiger partial charge on any atom is 0.216 e. The summed E-state index contributed by atoms with van der Waals surface area (Å²) in [5, 5.41) is 9.37. The molecule has 24 heavy (non-hydrogen) atoms. The van der Waals surface area contributed by atoms with Crippen LogP contribution in [0.3, 0.4) is 0 Å². The molecule has 5 heteroatoms. The molecule has 1 atom stereocenters. The largest absolute Gasteiger partial charge is 0.485 e. The van der Waals surface area contributed by atoms with Gasteiger partial charge in [-0.3, -0.25) is 0 Å². The van der Waals surface area contributed by atoms with Gasteiger partial charge < -0.3 is 4.74 Å². The molecule has 0 unspecified atom stereocenters. The Kier molecular flexibility index (Phi) is 4.24. The molecule has 0 aliphatic carbocycles. The molecule has 0 aromatic heterocycles. The third kappa shape index (κ3) is 2.97. The number of ether oxygens (including phenoxy) is 1. The van der Waals surface area contributed by atoms with E-state index in [-0.39, 0.29) is 15.9 Å². The molecule has 2 aromatic rings. The van der Waals surface area contributed by atoms with E-state index < -0.39 is 9.84 Å². The lowest BCUT2D eigenvalue weighted by Crippen LogP contribution is -2.18. The highest BCUT2D eigenvalue weighted by molar-refractivity contribution is 7.95. The zero-order valence-corrected chi connectivity index (χ0v) is 13.8. The van der Waals surface area contributed by atoms with E-state index in [0.717, 1.165) is 11.3 Å². The summed E-state index contributed by atoms with van der Waals surface area (Å²) in [7, 11) is -3.85. The highest BCUT2D eigenvalue weighted by Gasteiger charge is 2.24. The van der Waals surface area contributed by atoms with Crippen LogP contribution in [0, 0.1) is 11.3 Å². The summed E-state index contributed by atoms with van der Waals surface area (Å²) in [5.41, 5.74) is 1.50. The molecule has 0 N–H and O–H groups in total. The Bertz CT molecular complexity index is 967. The first kappa shape index (κ1) is 16.0. The van der Waals surface area contributed by atoms with Crippen LogP contribution in [0.15, 0.2) is 76.0 Å². The van der Waals surface area contributed by atoms with Crippen LogP contribution >= 0.6 is 0 Å². The summed E-state index contributed by atoms with van der Waals surface area (Å²) >= 11 is 0. The first-order chi connectivity index (χ1) is 11.5. The maximum atomic E-state index is 12.6. The van der Waals surface area contributed by atoms with Gasteiger partial charge >= 0.3 is 0 Å². The number of rotatable bonds is 3. The topological polar surface area (TPSA) is 67.2 Å². The van der Waals surface area contributed by atoms with Crippen LogP contribution in [0.4, 0.5) is 0 Å². The Balaban J connectivity index is 2.06. The van der Waals surface area contributed by atoms with Crippen molar-refractivity contribution >= 4 is 15.9 Å². The van der Waals surface area contributed by atoms with Crippen molar-refractivity contribution in [3.63, 3.8) is 0 Å². The number of fused-ring (bicyclic) bond motifs is 1. The van der Waals surface area contributed by atoms with Crippen LogP contribution in [0.5, 0.6) is 5.75 Å². The first-order valence-corrected chi connectivity index (χ1v) is 8.90. The Labute approximate surface area is 141 Å². The SMILES string of the molecule is C[C@@H]1Oc2ccccc2C=C1/C=C(/C#N)S(=O)(=O)c1ccccc1. The molecule has 1 aliphatic rings. The quantitative estimate of drug-likeness (QED) is 0.800. The van der Waals surface area contributed by atoms with Crippen LogP contribution in [0.1, 0.15) is 12.5 Å². The van der Waals surface area contributed by atoms with Crippen molar-refractivity contribution in [3.8, 4) is 11.8 Å². The van der Waals surface area contributed by atoms with Gasteiger partial charge in [-0.2, -0.15) is 5.26 Å². The summed E-state index contributed by atoms with van der Waals surface area (Å²) in [5.74, 6) is 0.742. The molecule has 0 amide bonds. The standard InChI is InChI=1S/C19H15NO3S/c1-14-16(11-15-7-5-6-10-19(15)23-14)12-18(13-20)24(21,22)17-8-3-2-4-9-17/h2-12,14H,1H3/b18-12-/t14-/m0/s1. The van der Waals surface area contributed by atoms with Gasteiger partial charge in [-0.25, -0.2) is 8.42 Å². The summed E-state index contributed by atoms with van der Waals surface area (Å²) in [6.45, 7) is 1.82. The molecule has 0 radical (unpaired) electrons. The van der Waals surface area contributed by atoms with Gasteiger partial charge in [0.1, 0.15) is 22.8 Å². The van der Waals surface area contributed by atoms with E-state index in [1.165, 1.54) is 18.2 Å². The van der Waals surface area contributed by atoms with Gasteiger partial charge in [-0.15, -0.1) is 0 Å². The van der Waals surface area contributed by atoms with Gasteiger partial charge in [0.15, 0.2) is 0 Å². The Morgan fingerprint density at radius 3 is 2.50 bits per heavy atom. The van der Waals surface area contributed by atoms with E-state index in [9.17, 15) is 13.7 Å².